The zero-order valence-electron chi connectivity index (χ0n) is 26.3. The van der Waals surface area contributed by atoms with E-state index < -0.39 is 35.6 Å². The lowest BCUT2D eigenvalue weighted by Gasteiger charge is -2.34. The monoisotopic (exact) mass is 611 g/mol. The van der Waals surface area contributed by atoms with Crippen LogP contribution in [0, 0.1) is 6.92 Å². The van der Waals surface area contributed by atoms with Gasteiger partial charge in [-0.05, 0) is 98.0 Å². The molecule has 0 saturated carbocycles. The first kappa shape index (κ1) is 32.9. The summed E-state index contributed by atoms with van der Waals surface area (Å²) in [5.74, 6) is -0.793. The minimum absolute atomic E-state index is 0.0672. The number of amides is 3. The van der Waals surface area contributed by atoms with Crippen molar-refractivity contribution in [2.75, 3.05) is 11.9 Å². The van der Waals surface area contributed by atoms with Crippen molar-refractivity contribution in [3.05, 3.63) is 102 Å². The highest BCUT2D eigenvalue weighted by molar-refractivity contribution is 6.00. The molecule has 9 heteroatoms. The van der Waals surface area contributed by atoms with Crippen molar-refractivity contribution in [2.24, 2.45) is 0 Å². The lowest BCUT2D eigenvalue weighted by Crippen LogP contribution is -2.53. The van der Waals surface area contributed by atoms with Crippen LogP contribution < -0.4 is 10.6 Å². The standard InChI is InChI=1S/C36H41N3O6/c1-6-19-39(34(43)30(38-35(44)45-36(3,4)5)21-24-11-16-29(40)17-12-24)32(27-14-18-31(41)23(2)20-27)33(42)37-28-15-13-25-9-7-8-10-26(25)22-28/h7-18,20,22,30,32,40-41H,6,19,21H2,1-5H3,(H,37,42)(H,38,44). The summed E-state index contributed by atoms with van der Waals surface area (Å²) in [7, 11) is 0. The number of carbonyl (C=O) groups excluding carboxylic acids is 3. The first-order valence-corrected chi connectivity index (χ1v) is 15.0. The number of nitrogens with one attached hydrogen (secondary N) is 2. The zero-order valence-corrected chi connectivity index (χ0v) is 26.3. The van der Waals surface area contributed by atoms with Gasteiger partial charge in [-0.15, -0.1) is 0 Å². The normalized spacial score (nSPS) is 12.6. The van der Waals surface area contributed by atoms with E-state index in [2.05, 4.69) is 10.6 Å². The molecule has 45 heavy (non-hydrogen) atoms. The largest absolute Gasteiger partial charge is 0.508 e. The lowest BCUT2D eigenvalue weighted by atomic mass is 9.98. The summed E-state index contributed by atoms with van der Waals surface area (Å²) in [6.07, 6.45) is -0.152. The first-order chi connectivity index (χ1) is 21.3. The third kappa shape index (κ3) is 8.75. The topological polar surface area (TPSA) is 128 Å². The Morgan fingerprint density at radius 3 is 2.22 bits per heavy atom. The second-order valence-corrected chi connectivity index (χ2v) is 12.1. The number of aryl methyl sites for hydroxylation is 1. The highest BCUT2D eigenvalue weighted by Crippen LogP contribution is 2.29. The Labute approximate surface area is 263 Å². The van der Waals surface area contributed by atoms with E-state index in [-0.39, 0.29) is 24.5 Å². The van der Waals surface area contributed by atoms with Gasteiger partial charge in [0.1, 0.15) is 29.2 Å². The molecule has 4 N–H and O–H groups in total. The Kier molecular flexibility index (Phi) is 10.3. The summed E-state index contributed by atoms with van der Waals surface area (Å²) >= 11 is 0. The molecule has 4 rings (SSSR count). The second kappa shape index (κ2) is 14.2. The zero-order chi connectivity index (χ0) is 32.7. The number of nitrogens with zero attached hydrogens (tertiary/aromatic N) is 1. The fourth-order valence-corrected chi connectivity index (χ4v) is 5.12. The SMILES string of the molecule is CCCN(C(=O)C(Cc1ccc(O)cc1)NC(=O)OC(C)(C)C)C(C(=O)Nc1ccc2ccccc2c1)c1ccc(O)c(C)c1. The van der Waals surface area contributed by atoms with E-state index in [1.54, 1.807) is 52.0 Å². The molecule has 0 spiro atoms. The van der Waals surface area contributed by atoms with Crippen molar-refractivity contribution in [3.63, 3.8) is 0 Å². The number of anilines is 1. The number of hydrogen-bond donors (Lipinski definition) is 4. The number of aromatic hydroxyl groups is 2. The van der Waals surface area contributed by atoms with Crippen molar-refractivity contribution in [2.45, 2.75) is 65.1 Å². The van der Waals surface area contributed by atoms with Crippen LogP contribution in [-0.2, 0) is 20.7 Å². The van der Waals surface area contributed by atoms with Crippen molar-refractivity contribution in [3.8, 4) is 11.5 Å². The molecule has 0 heterocycles. The number of rotatable bonds is 10. The van der Waals surface area contributed by atoms with Gasteiger partial charge in [0, 0.05) is 18.7 Å². The molecule has 4 aromatic carbocycles. The third-order valence-corrected chi connectivity index (χ3v) is 7.23. The van der Waals surface area contributed by atoms with Gasteiger partial charge in [0.15, 0.2) is 0 Å². The lowest BCUT2D eigenvalue weighted by molar-refractivity contribution is -0.140. The van der Waals surface area contributed by atoms with Crippen LogP contribution in [0.1, 0.15) is 56.8 Å². The van der Waals surface area contributed by atoms with Gasteiger partial charge in [0.05, 0.1) is 0 Å². The van der Waals surface area contributed by atoms with Gasteiger partial charge in [0.2, 0.25) is 5.91 Å². The smallest absolute Gasteiger partial charge is 0.408 e. The van der Waals surface area contributed by atoms with Crippen LogP contribution >= 0.6 is 0 Å². The molecule has 0 radical (unpaired) electrons. The molecule has 0 aliphatic rings. The molecule has 0 aromatic heterocycles. The molecule has 9 nitrogen and oxygen atoms in total. The average molecular weight is 612 g/mol. The molecule has 0 fully saturated rings. The first-order valence-electron chi connectivity index (χ1n) is 15.0. The molecule has 0 aliphatic heterocycles. The summed E-state index contributed by atoms with van der Waals surface area (Å²) in [5, 5.41) is 27.7. The molecular formula is C36H41N3O6. The van der Waals surface area contributed by atoms with E-state index in [9.17, 15) is 24.6 Å². The Balaban J connectivity index is 1.74. The number of benzene rings is 4. The summed E-state index contributed by atoms with van der Waals surface area (Å²) in [4.78, 5) is 43.1. The number of phenolic OH excluding ortho intramolecular Hbond substituents is 2. The molecule has 0 bridgehead atoms. The maximum Gasteiger partial charge on any atom is 0.408 e. The van der Waals surface area contributed by atoms with Crippen molar-refractivity contribution in [1.29, 1.82) is 0 Å². The maximum atomic E-state index is 14.5. The fraction of sp³-hybridized carbons (Fsp3) is 0.306. The van der Waals surface area contributed by atoms with Crippen LogP contribution in [0.25, 0.3) is 10.8 Å². The van der Waals surface area contributed by atoms with Gasteiger partial charge in [-0.3, -0.25) is 9.59 Å². The number of fused-ring (bicyclic) bond motifs is 1. The van der Waals surface area contributed by atoms with Crippen molar-refractivity contribution in [1.82, 2.24) is 10.2 Å². The molecule has 2 atom stereocenters. The highest BCUT2D eigenvalue weighted by Gasteiger charge is 2.36. The van der Waals surface area contributed by atoms with E-state index in [4.69, 9.17) is 4.74 Å². The van der Waals surface area contributed by atoms with Crippen molar-refractivity contribution >= 4 is 34.4 Å². The fourth-order valence-electron chi connectivity index (χ4n) is 5.12. The molecular weight excluding hydrogens is 570 g/mol. The summed E-state index contributed by atoms with van der Waals surface area (Å²) in [6, 6.07) is 22.4. The highest BCUT2D eigenvalue weighted by atomic mass is 16.6. The predicted octanol–water partition coefficient (Wildman–Crippen LogP) is 6.61. The predicted molar refractivity (Wildman–Crippen MR) is 175 cm³/mol. The number of ether oxygens (including phenoxy) is 1. The van der Waals surface area contributed by atoms with Gasteiger partial charge in [-0.25, -0.2) is 4.79 Å². The Bertz CT molecular complexity index is 1660. The third-order valence-electron chi connectivity index (χ3n) is 7.23. The van der Waals surface area contributed by atoms with Crippen LogP contribution in [-0.4, -0.2) is 51.2 Å². The molecule has 0 saturated heterocycles. The summed E-state index contributed by atoms with van der Waals surface area (Å²) in [6.45, 7) is 9.02. The van der Waals surface area contributed by atoms with E-state index >= 15 is 0 Å². The van der Waals surface area contributed by atoms with Gasteiger partial charge in [0.25, 0.3) is 5.91 Å². The Morgan fingerprint density at radius 1 is 0.889 bits per heavy atom. The van der Waals surface area contributed by atoms with Gasteiger partial charge < -0.3 is 30.5 Å². The number of carbonyl (C=O) groups is 3. The van der Waals surface area contributed by atoms with Gasteiger partial charge in [-0.1, -0.05) is 55.5 Å². The minimum Gasteiger partial charge on any atom is -0.508 e. The Hall–Kier alpha value is -5.05. The van der Waals surface area contributed by atoms with Crippen molar-refractivity contribution < 1.29 is 29.3 Å². The van der Waals surface area contributed by atoms with E-state index in [0.29, 0.717) is 28.8 Å². The Morgan fingerprint density at radius 2 is 1.58 bits per heavy atom. The van der Waals surface area contributed by atoms with Crippen LogP contribution in [0.15, 0.2) is 84.9 Å². The summed E-state index contributed by atoms with van der Waals surface area (Å²) in [5.41, 5.74) is 1.51. The van der Waals surface area contributed by atoms with Gasteiger partial charge in [-0.2, -0.15) is 0 Å². The molecule has 4 aromatic rings. The number of hydrogen-bond acceptors (Lipinski definition) is 6. The van der Waals surface area contributed by atoms with E-state index in [0.717, 1.165) is 10.8 Å². The molecule has 2 unspecified atom stereocenters. The molecule has 236 valence electrons. The second-order valence-electron chi connectivity index (χ2n) is 12.1. The minimum atomic E-state index is -1.09. The quantitative estimate of drug-likeness (QED) is 0.160. The van der Waals surface area contributed by atoms with Crippen LogP contribution in [0.4, 0.5) is 10.5 Å². The van der Waals surface area contributed by atoms with Crippen LogP contribution in [0.2, 0.25) is 0 Å². The van der Waals surface area contributed by atoms with E-state index in [1.807, 2.05) is 49.4 Å². The summed E-state index contributed by atoms with van der Waals surface area (Å²) < 4.78 is 5.48. The van der Waals surface area contributed by atoms with Gasteiger partial charge >= 0.3 is 6.09 Å². The number of phenols is 2. The number of alkyl carbamates (subject to hydrolysis) is 1. The van der Waals surface area contributed by atoms with Crippen LogP contribution in [0.3, 0.4) is 0 Å². The van der Waals surface area contributed by atoms with Crippen LogP contribution in [0.5, 0.6) is 11.5 Å². The average Bonchev–Trinajstić information content (AvgIpc) is 2.98. The van der Waals surface area contributed by atoms with E-state index in [1.165, 1.54) is 23.1 Å². The molecule has 0 aliphatic carbocycles. The maximum absolute atomic E-state index is 14.5. The molecule has 3 amide bonds.